The van der Waals surface area contributed by atoms with Gasteiger partial charge in [0.05, 0.1) is 0 Å². The minimum absolute atomic E-state index is 0.795. The molecule has 108 valence electrons. The van der Waals surface area contributed by atoms with Crippen molar-refractivity contribution < 1.29 is 0 Å². The molecule has 0 aromatic rings. The van der Waals surface area contributed by atoms with Gasteiger partial charge in [0.1, 0.15) is 0 Å². The Bertz CT molecular complexity index is 172. The van der Waals surface area contributed by atoms with Crippen LogP contribution in [-0.4, -0.2) is 13.1 Å². The fraction of sp³-hybridized carbons (Fsp3) is 1.00. The second-order valence-corrected chi connectivity index (χ2v) is 6.28. The zero-order chi connectivity index (χ0) is 13.1. The Hall–Kier alpha value is -0.0400. The summed E-state index contributed by atoms with van der Waals surface area (Å²) < 4.78 is 0. The van der Waals surface area contributed by atoms with Gasteiger partial charge in [-0.3, -0.25) is 0 Å². The average molecular weight is 253 g/mol. The van der Waals surface area contributed by atoms with E-state index in [4.69, 9.17) is 0 Å². The van der Waals surface area contributed by atoms with Gasteiger partial charge in [-0.15, -0.1) is 0 Å². The lowest BCUT2D eigenvalue weighted by molar-refractivity contribution is 0.377. The summed E-state index contributed by atoms with van der Waals surface area (Å²) in [6.45, 7) is 2.29. The Labute approximate surface area is 115 Å². The Balaban J connectivity index is 1.94. The van der Waals surface area contributed by atoms with Crippen LogP contribution in [-0.2, 0) is 0 Å². The van der Waals surface area contributed by atoms with E-state index in [9.17, 15) is 0 Å². The van der Waals surface area contributed by atoms with Crippen LogP contribution in [0.5, 0.6) is 0 Å². The molecule has 1 fully saturated rings. The van der Waals surface area contributed by atoms with Crippen molar-refractivity contribution in [1.29, 1.82) is 0 Å². The summed E-state index contributed by atoms with van der Waals surface area (Å²) in [6, 6.07) is 0.795. The van der Waals surface area contributed by atoms with Crippen LogP contribution < -0.4 is 5.32 Å². The summed E-state index contributed by atoms with van der Waals surface area (Å²) in [5.41, 5.74) is 0. The minimum atomic E-state index is 0.795. The van der Waals surface area contributed by atoms with E-state index in [-0.39, 0.29) is 0 Å². The van der Waals surface area contributed by atoms with E-state index in [1.807, 2.05) is 0 Å². The van der Waals surface area contributed by atoms with Crippen LogP contribution in [0, 0.1) is 5.92 Å². The second-order valence-electron chi connectivity index (χ2n) is 6.28. The fourth-order valence-corrected chi connectivity index (χ4v) is 3.38. The Morgan fingerprint density at radius 2 is 1.56 bits per heavy atom. The van der Waals surface area contributed by atoms with E-state index in [0.717, 1.165) is 12.0 Å². The van der Waals surface area contributed by atoms with Crippen molar-refractivity contribution in [2.75, 3.05) is 7.05 Å². The molecule has 0 radical (unpaired) electrons. The average Bonchev–Trinajstić information content (AvgIpc) is 2.89. The monoisotopic (exact) mass is 253 g/mol. The molecular weight excluding hydrogens is 218 g/mol. The van der Waals surface area contributed by atoms with E-state index in [2.05, 4.69) is 19.3 Å². The van der Waals surface area contributed by atoms with Gasteiger partial charge in [0, 0.05) is 6.04 Å². The van der Waals surface area contributed by atoms with Crippen LogP contribution in [0.3, 0.4) is 0 Å². The lowest BCUT2D eigenvalue weighted by Gasteiger charge is -2.19. The van der Waals surface area contributed by atoms with Crippen LogP contribution in [0.4, 0.5) is 0 Å². The first-order valence-electron chi connectivity index (χ1n) is 8.54. The first kappa shape index (κ1) is 16.0. The smallest absolute Gasteiger partial charge is 0.00667 e. The summed E-state index contributed by atoms with van der Waals surface area (Å²) in [5.74, 6) is 1.03. The van der Waals surface area contributed by atoms with E-state index in [1.54, 1.807) is 0 Å². The molecule has 0 bridgehead atoms. The van der Waals surface area contributed by atoms with Crippen LogP contribution >= 0.6 is 0 Å². The van der Waals surface area contributed by atoms with Crippen molar-refractivity contribution in [3.05, 3.63) is 0 Å². The molecule has 0 amide bonds. The highest BCUT2D eigenvalue weighted by molar-refractivity contribution is 4.74. The van der Waals surface area contributed by atoms with Gasteiger partial charge in [-0.2, -0.15) is 0 Å². The molecule has 0 aromatic carbocycles. The third kappa shape index (κ3) is 7.41. The van der Waals surface area contributed by atoms with Crippen LogP contribution in [0.2, 0.25) is 0 Å². The quantitative estimate of drug-likeness (QED) is 0.493. The largest absolute Gasteiger partial charge is 0.317 e. The van der Waals surface area contributed by atoms with Gasteiger partial charge in [-0.25, -0.2) is 0 Å². The number of nitrogens with one attached hydrogen (secondary N) is 1. The first-order valence-corrected chi connectivity index (χ1v) is 8.54. The highest BCUT2D eigenvalue weighted by Crippen LogP contribution is 2.29. The minimum Gasteiger partial charge on any atom is -0.317 e. The molecular formula is C17H35N. The number of rotatable bonds is 11. The van der Waals surface area contributed by atoms with Crippen molar-refractivity contribution in [1.82, 2.24) is 5.32 Å². The summed E-state index contributed by atoms with van der Waals surface area (Å²) in [7, 11) is 2.15. The van der Waals surface area contributed by atoms with E-state index in [1.165, 1.54) is 83.5 Å². The van der Waals surface area contributed by atoms with Crippen molar-refractivity contribution in [3.8, 4) is 0 Å². The molecule has 1 atom stereocenters. The predicted octanol–water partition coefficient (Wildman–Crippen LogP) is 5.30. The van der Waals surface area contributed by atoms with Gasteiger partial charge in [-0.05, 0) is 25.8 Å². The molecule has 1 unspecified atom stereocenters. The number of unbranched alkanes of at least 4 members (excludes halogenated alkanes) is 6. The van der Waals surface area contributed by atoms with E-state index < -0.39 is 0 Å². The molecule has 1 saturated carbocycles. The van der Waals surface area contributed by atoms with Gasteiger partial charge in [0.15, 0.2) is 0 Å². The Morgan fingerprint density at radius 1 is 0.944 bits per heavy atom. The molecule has 1 nitrogen and oxygen atoms in total. The van der Waals surface area contributed by atoms with Gasteiger partial charge >= 0.3 is 0 Å². The maximum atomic E-state index is 3.54. The Kier molecular flexibility index (Phi) is 9.65. The topological polar surface area (TPSA) is 12.0 Å². The summed E-state index contributed by atoms with van der Waals surface area (Å²) >= 11 is 0. The van der Waals surface area contributed by atoms with Gasteiger partial charge in [0.25, 0.3) is 0 Å². The predicted molar refractivity (Wildman–Crippen MR) is 82.0 cm³/mol. The van der Waals surface area contributed by atoms with Crippen molar-refractivity contribution >= 4 is 0 Å². The molecule has 0 spiro atoms. The standard InChI is InChI=1S/C17H35N/c1-3-4-5-6-7-8-9-14-17(18-2)15-16-12-10-11-13-16/h16-18H,3-15H2,1-2H3. The van der Waals surface area contributed by atoms with Gasteiger partial charge in [-0.1, -0.05) is 77.6 Å². The second kappa shape index (κ2) is 10.8. The maximum Gasteiger partial charge on any atom is 0.00667 e. The van der Waals surface area contributed by atoms with E-state index >= 15 is 0 Å². The summed E-state index contributed by atoms with van der Waals surface area (Å²) in [6.07, 6.45) is 18.9. The van der Waals surface area contributed by atoms with Crippen LogP contribution in [0.25, 0.3) is 0 Å². The molecule has 0 aromatic heterocycles. The molecule has 1 heteroatoms. The molecule has 0 aliphatic heterocycles. The lowest BCUT2D eigenvalue weighted by atomic mass is 9.94. The molecule has 1 aliphatic rings. The molecule has 18 heavy (non-hydrogen) atoms. The fourth-order valence-electron chi connectivity index (χ4n) is 3.38. The number of hydrogen-bond acceptors (Lipinski definition) is 1. The van der Waals surface area contributed by atoms with Crippen molar-refractivity contribution in [2.24, 2.45) is 5.92 Å². The van der Waals surface area contributed by atoms with Crippen LogP contribution in [0.15, 0.2) is 0 Å². The molecule has 1 N–H and O–H groups in total. The molecule has 1 rings (SSSR count). The maximum absolute atomic E-state index is 3.54. The first-order chi connectivity index (χ1) is 8.86. The zero-order valence-corrected chi connectivity index (χ0v) is 12.8. The zero-order valence-electron chi connectivity index (χ0n) is 12.8. The molecule has 0 saturated heterocycles. The third-order valence-electron chi connectivity index (χ3n) is 4.66. The Morgan fingerprint density at radius 3 is 2.17 bits per heavy atom. The van der Waals surface area contributed by atoms with Crippen molar-refractivity contribution in [2.45, 2.75) is 96.4 Å². The normalized spacial score (nSPS) is 18.3. The van der Waals surface area contributed by atoms with Gasteiger partial charge in [0.2, 0.25) is 0 Å². The lowest BCUT2D eigenvalue weighted by Crippen LogP contribution is -2.27. The van der Waals surface area contributed by atoms with Crippen molar-refractivity contribution in [3.63, 3.8) is 0 Å². The summed E-state index contributed by atoms with van der Waals surface area (Å²) in [5, 5.41) is 3.54. The highest BCUT2D eigenvalue weighted by Gasteiger charge is 2.18. The van der Waals surface area contributed by atoms with E-state index in [0.29, 0.717) is 0 Å². The highest BCUT2D eigenvalue weighted by atomic mass is 14.9. The molecule has 0 heterocycles. The third-order valence-corrected chi connectivity index (χ3v) is 4.66. The van der Waals surface area contributed by atoms with Gasteiger partial charge < -0.3 is 5.32 Å². The molecule has 1 aliphatic carbocycles. The SMILES string of the molecule is CCCCCCCCCC(CC1CCCC1)NC. The van der Waals surface area contributed by atoms with Crippen LogP contribution in [0.1, 0.15) is 90.4 Å². The number of hydrogen-bond donors (Lipinski definition) is 1. The summed E-state index contributed by atoms with van der Waals surface area (Å²) in [4.78, 5) is 0.